The van der Waals surface area contributed by atoms with Crippen molar-refractivity contribution in [2.45, 2.75) is 18.7 Å². The molecule has 1 aliphatic rings. The molecule has 11 heavy (non-hydrogen) atoms. The van der Waals surface area contributed by atoms with Crippen molar-refractivity contribution in [3.05, 3.63) is 0 Å². The van der Waals surface area contributed by atoms with Crippen LogP contribution in [0.5, 0.6) is 0 Å². The molecule has 1 aliphatic carbocycles. The molecule has 0 aromatic carbocycles. The van der Waals surface area contributed by atoms with E-state index in [1.165, 1.54) is 0 Å². The summed E-state index contributed by atoms with van der Waals surface area (Å²) in [5, 5.41) is 8.77. The van der Waals surface area contributed by atoms with Crippen molar-refractivity contribution in [2.24, 2.45) is 11.3 Å². The Morgan fingerprint density at radius 2 is 2.18 bits per heavy atom. The van der Waals surface area contributed by atoms with Crippen LogP contribution in [0.1, 0.15) is 13.8 Å². The lowest BCUT2D eigenvalue weighted by molar-refractivity contribution is -0.139. The molecule has 0 aliphatic heterocycles. The average molecular weight is 289 g/mol. The molecule has 1 saturated carbocycles. The van der Waals surface area contributed by atoms with E-state index in [1.807, 2.05) is 13.8 Å². The number of alkyl halides is 2. The van der Waals surface area contributed by atoms with Crippen LogP contribution in [-0.2, 0) is 4.79 Å². The number of halogens is 2. The van der Waals surface area contributed by atoms with E-state index >= 15 is 0 Å². The molecule has 1 rings (SSSR count). The molecular formula is C7H10ClIO2. The third kappa shape index (κ3) is 1.08. The highest BCUT2D eigenvalue weighted by Gasteiger charge is 2.73. The first-order valence-corrected chi connectivity index (χ1v) is 5.26. The topological polar surface area (TPSA) is 37.3 Å². The summed E-state index contributed by atoms with van der Waals surface area (Å²) in [5.41, 5.74) is -0.248. The Kier molecular flexibility index (Phi) is 2.17. The molecule has 2 nitrogen and oxygen atoms in total. The van der Waals surface area contributed by atoms with Crippen molar-refractivity contribution in [1.82, 2.24) is 0 Å². The van der Waals surface area contributed by atoms with Crippen molar-refractivity contribution in [3.63, 3.8) is 0 Å². The highest BCUT2D eigenvalue weighted by Crippen LogP contribution is 2.66. The Labute approximate surface area is 84.4 Å². The van der Waals surface area contributed by atoms with Crippen molar-refractivity contribution in [3.8, 4) is 0 Å². The summed E-state index contributed by atoms with van der Waals surface area (Å²) in [4.78, 5) is 10.1. The highest BCUT2D eigenvalue weighted by atomic mass is 127. The minimum atomic E-state index is -0.776. The van der Waals surface area contributed by atoms with Crippen LogP contribution in [0.15, 0.2) is 0 Å². The van der Waals surface area contributed by atoms with Gasteiger partial charge in [0.1, 0.15) is 0 Å². The van der Waals surface area contributed by atoms with Gasteiger partial charge in [0.2, 0.25) is 0 Å². The third-order valence-electron chi connectivity index (χ3n) is 2.61. The summed E-state index contributed by atoms with van der Waals surface area (Å²) < 4.78 is 0.691. The maximum absolute atomic E-state index is 10.7. The Morgan fingerprint density at radius 1 is 1.73 bits per heavy atom. The molecular weight excluding hydrogens is 278 g/mol. The van der Waals surface area contributed by atoms with Gasteiger partial charge in [0.15, 0.2) is 0 Å². The zero-order valence-electron chi connectivity index (χ0n) is 6.40. The first-order chi connectivity index (χ1) is 4.88. The van der Waals surface area contributed by atoms with Crippen LogP contribution in [0.2, 0.25) is 0 Å². The van der Waals surface area contributed by atoms with Gasteiger partial charge >= 0.3 is 5.97 Å². The minimum Gasteiger partial charge on any atom is -0.481 e. The molecule has 64 valence electrons. The van der Waals surface area contributed by atoms with Crippen LogP contribution in [0, 0.1) is 11.3 Å². The fourth-order valence-corrected chi connectivity index (χ4v) is 3.40. The quantitative estimate of drug-likeness (QED) is 0.624. The van der Waals surface area contributed by atoms with Crippen LogP contribution in [0.4, 0.5) is 0 Å². The molecule has 0 amide bonds. The fourth-order valence-electron chi connectivity index (χ4n) is 1.55. The van der Waals surface area contributed by atoms with Gasteiger partial charge < -0.3 is 5.11 Å². The lowest BCUT2D eigenvalue weighted by atomic mass is 10.1. The first kappa shape index (κ1) is 9.58. The van der Waals surface area contributed by atoms with Gasteiger partial charge in [-0.05, 0) is 0 Å². The van der Waals surface area contributed by atoms with Gasteiger partial charge in [0, 0.05) is 9.84 Å². The van der Waals surface area contributed by atoms with E-state index in [0.29, 0.717) is 4.43 Å². The minimum absolute atomic E-state index is 0.248. The summed E-state index contributed by atoms with van der Waals surface area (Å²) in [5.74, 6) is -1.16. The van der Waals surface area contributed by atoms with E-state index < -0.39 is 10.8 Å². The van der Waals surface area contributed by atoms with Gasteiger partial charge in [-0.3, -0.25) is 4.79 Å². The van der Waals surface area contributed by atoms with Gasteiger partial charge in [0.05, 0.1) is 10.8 Å². The van der Waals surface area contributed by atoms with Crippen molar-refractivity contribution in [2.75, 3.05) is 4.43 Å². The molecule has 0 bridgehead atoms. The number of carboxylic acids is 1. The van der Waals surface area contributed by atoms with E-state index in [-0.39, 0.29) is 11.3 Å². The molecule has 2 unspecified atom stereocenters. The molecule has 0 spiro atoms. The van der Waals surface area contributed by atoms with Gasteiger partial charge in [-0.1, -0.05) is 36.4 Å². The average Bonchev–Trinajstić information content (AvgIpc) is 2.29. The Bertz CT molecular complexity index is 205. The Hall–Kier alpha value is 0.490. The summed E-state index contributed by atoms with van der Waals surface area (Å²) in [6.45, 7) is 3.80. The first-order valence-electron chi connectivity index (χ1n) is 3.35. The van der Waals surface area contributed by atoms with Crippen LogP contribution >= 0.6 is 34.2 Å². The van der Waals surface area contributed by atoms with Crippen molar-refractivity contribution >= 4 is 40.2 Å². The fraction of sp³-hybridized carbons (Fsp3) is 0.857. The van der Waals surface area contributed by atoms with Crippen LogP contribution in [0.3, 0.4) is 0 Å². The van der Waals surface area contributed by atoms with E-state index in [1.54, 1.807) is 0 Å². The second-order valence-electron chi connectivity index (χ2n) is 3.49. The molecule has 0 radical (unpaired) electrons. The predicted octanol–water partition coefficient (Wildman–Crippen LogP) is 2.14. The Balaban J connectivity index is 2.83. The van der Waals surface area contributed by atoms with Crippen LogP contribution in [-0.4, -0.2) is 20.4 Å². The monoisotopic (exact) mass is 288 g/mol. The summed E-state index contributed by atoms with van der Waals surface area (Å²) in [6.07, 6.45) is 0. The van der Waals surface area contributed by atoms with Gasteiger partial charge in [-0.2, -0.15) is 0 Å². The molecule has 1 N–H and O–H groups in total. The van der Waals surface area contributed by atoms with E-state index in [0.717, 1.165) is 0 Å². The van der Waals surface area contributed by atoms with Gasteiger partial charge in [0.25, 0.3) is 0 Å². The van der Waals surface area contributed by atoms with Crippen molar-refractivity contribution in [1.29, 1.82) is 0 Å². The Morgan fingerprint density at radius 3 is 2.27 bits per heavy atom. The second-order valence-corrected chi connectivity index (χ2v) is 4.93. The zero-order chi connectivity index (χ0) is 8.86. The zero-order valence-corrected chi connectivity index (χ0v) is 9.31. The lowest BCUT2D eigenvalue weighted by Crippen LogP contribution is -2.11. The van der Waals surface area contributed by atoms with E-state index in [4.69, 9.17) is 16.7 Å². The number of hydrogen-bond acceptors (Lipinski definition) is 1. The third-order valence-corrected chi connectivity index (χ3v) is 5.10. The maximum atomic E-state index is 10.7. The predicted molar refractivity (Wildman–Crippen MR) is 52.4 cm³/mol. The maximum Gasteiger partial charge on any atom is 0.308 e. The standard InChI is InChI=1S/C7H10ClIO2/c1-6(2)4(5(10)11)7(6,8)3-9/h4H,3H2,1-2H3,(H,10,11). The molecule has 0 aromatic heterocycles. The van der Waals surface area contributed by atoms with E-state index in [9.17, 15) is 4.79 Å². The van der Waals surface area contributed by atoms with Crippen molar-refractivity contribution < 1.29 is 9.90 Å². The molecule has 2 atom stereocenters. The second kappa shape index (κ2) is 2.49. The number of carboxylic acid groups (broad SMARTS) is 1. The molecule has 4 heteroatoms. The number of aliphatic carboxylic acids is 1. The van der Waals surface area contributed by atoms with E-state index in [2.05, 4.69) is 22.6 Å². The largest absolute Gasteiger partial charge is 0.481 e. The number of carbonyl (C=O) groups is 1. The summed E-state index contributed by atoms with van der Waals surface area (Å²) in [6, 6.07) is 0. The highest BCUT2D eigenvalue weighted by molar-refractivity contribution is 14.1. The normalized spacial score (nSPS) is 40.2. The van der Waals surface area contributed by atoms with Crippen LogP contribution < -0.4 is 0 Å². The SMILES string of the molecule is CC1(C)C(C(=O)O)C1(Cl)CI. The lowest BCUT2D eigenvalue weighted by Gasteiger charge is -2.05. The molecule has 0 saturated heterocycles. The smallest absolute Gasteiger partial charge is 0.308 e. The van der Waals surface area contributed by atoms with Crippen LogP contribution in [0.25, 0.3) is 0 Å². The summed E-state index contributed by atoms with van der Waals surface area (Å²) in [7, 11) is 0. The number of rotatable bonds is 2. The van der Waals surface area contributed by atoms with Gasteiger partial charge in [-0.15, -0.1) is 11.6 Å². The van der Waals surface area contributed by atoms with Gasteiger partial charge in [-0.25, -0.2) is 0 Å². The summed E-state index contributed by atoms with van der Waals surface area (Å²) >= 11 is 8.23. The number of hydrogen-bond donors (Lipinski definition) is 1. The molecule has 1 fully saturated rings. The molecule has 0 heterocycles. The molecule has 0 aromatic rings.